The monoisotopic (exact) mass is 662 g/mol. The standard InChI is InChI=1S/C42H67N3O3/c1-27(2)30-17-22-42(44-37(47)43-25-26-45(8)9)24-23-40(6)32(35(30)42)15-16-34-39(5)20-18-31(28-11-13-29(14-12-28)36(46)48-10)38(3,4)33(39)19-21-41(34,40)7/h11-14,27,30-35H,15-26H2,1-10H3,(H2,43,44,47)/t30-,31?,32+,33-,34+,35+,39-,40+,41+,42-/m0/s1. The number of methoxy groups -OCH3 is 1. The Labute approximate surface area is 292 Å². The van der Waals surface area contributed by atoms with E-state index < -0.39 is 0 Å². The van der Waals surface area contributed by atoms with Crippen LogP contribution in [-0.4, -0.2) is 56.7 Å². The molecule has 48 heavy (non-hydrogen) atoms. The molecule has 0 aliphatic heterocycles. The fourth-order valence-corrected chi connectivity index (χ4v) is 13.8. The Kier molecular flexibility index (Phi) is 9.38. The van der Waals surface area contributed by atoms with Crippen LogP contribution in [0.2, 0.25) is 0 Å². The van der Waals surface area contributed by atoms with Gasteiger partial charge in [0, 0.05) is 18.6 Å². The molecule has 1 aromatic carbocycles. The van der Waals surface area contributed by atoms with Gasteiger partial charge in [-0.1, -0.05) is 60.6 Å². The number of amides is 2. The molecule has 5 aliphatic rings. The maximum atomic E-state index is 13.4. The molecule has 268 valence electrons. The minimum atomic E-state index is -0.260. The minimum Gasteiger partial charge on any atom is -0.465 e. The van der Waals surface area contributed by atoms with Crippen molar-refractivity contribution >= 4 is 12.0 Å². The maximum Gasteiger partial charge on any atom is 0.337 e. The molecule has 0 bridgehead atoms. The van der Waals surface area contributed by atoms with Crippen molar-refractivity contribution in [1.29, 1.82) is 0 Å². The summed E-state index contributed by atoms with van der Waals surface area (Å²) in [6.45, 7) is 19.7. The number of hydrogen-bond acceptors (Lipinski definition) is 4. The zero-order valence-corrected chi connectivity index (χ0v) is 32.0. The van der Waals surface area contributed by atoms with Gasteiger partial charge in [-0.25, -0.2) is 9.59 Å². The molecule has 6 rings (SSSR count). The molecule has 6 heteroatoms. The van der Waals surface area contributed by atoms with Gasteiger partial charge >= 0.3 is 12.0 Å². The summed E-state index contributed by atoms with van der Waals surface area (Å²) in [5.41, 5.74) is 3.02. The molecule has 5 aliphatic carbocycles. The largest absolute Gasteiger partial charge is 0.465 e. The van der Waals surface area contributed by atoms with E-state index in [0.717, 1.165) is 25.3 Å². The van der Waals surface area contributed by atoms with Crippen LogP contribution >= 0.6 is 0 Å². The lowest BCUT2D eigenvalue weighted by atomic mass is 9.32. The highest BCUT2D eigenvalue weighted by Crippen LogP contribution is 2.77. The summed E-state index contributed by atoms with van der Waals surface area (Å²) in [5.74, 6) is 4.14. The first-order chi connectivity index (χ1) is 22.5. The number of nitrogens with one attached hydrogen (secondary N) is 2. The molecule has 0 heterocycles. The lowest BCUT2D eigenvalue weighted by molar-refractivity contribution is -0.234. The Hall–Kier alpha value is -2.08. The second-order valence-electron chi connectivity index (χ2n) is 19.0. The van der Waals surface area contributed by atoms with Gasteiger partial charge in [-0.3, -0.25) is 0 Å². The Morgan fingerprint density at radius 1 is 0.854 bits per heavy atom. The topological polar surface area (TPSA) is 70.7 Å². The number of carbonyl (C=O) groups is 2. The maximum absolute atomic E-state index is 13.4. The first-order valence-electron chi connectivity index (χ1n) is 19.4. The van der Waals surface area contributed by atoms with Gasteiger partial charge in [-0.15, -0.1) is 0 Å². The van der Waals surface area contributed by atoms with Crippen LogP contribution in [0.4, 0.5) is 4.79 Å². The summed E-state index contributed by atoms with van der Waals surface area (Å²) >= 11 is 0. The SMILES string of the molecule is COC(=O)c1ccc(C2CC[C@]3(C)[C@H]4CC[C@@H]5[C@H]6[C@H](C(C)C)CC[C@]6(NC(=O)NCCN(C)C)CC[C@@]5(C)[C@]4(C)CC[C@H]3C2(C)C)cc1. The van der Waals surface area contributed by atoms with Gasteiger partial charge in [-0.05, 0) is 159 Å². The molecule has 10 atom stereocenters. The van der Waals surface area contributed by atoms with Gasteiger partial charge in [0.05, 0.1) is 12.7 Å². The Morgan fingerprint density at radius 2 is 1.56 bits per heavy atom. The Morgan fingerprint density at radius 3 is 2.21 bits per heavy atom. The van der Waals surface area contributed by atoms with E-state index in [1.54, 1.807) is 0 Å². The number of fused-ring (bicyclic) bond motifs is 7. The number of rotatable bonds is 7. The summed E-state index contributed by atoms with van der Waals surface area (Å²) in [5, 5.41) is 6.89. The van der Waals surface area contributed by atoms with E-state index in [1.165, 1.54) is 64.0 Å². The second-order valence-corrected chi connectivity index (χ2v) is 19.0. The zero-order chi connectivity index (χ0) is 34.9. The van der Waals surface area contributed by atoms with Gasteiger partial charge in [-0.2, -0.15) is 0 Å². The smallest absolute Gasteiger partial charge is 0.337 e. The first kappa shape index (κ1) is 35.7. The minimum absolute atomic E-state index is 0.0432. The van der Waals surface area contributed by atoms with Crippen molar-refractivity contribution < 1.29 is 14.3 Å². The van der Waals surface area contributed by atoms with Crippen molar-refractivity contribution in [2.45, 2.75) is 124 Å². The fourth-order valence-electron chi connectivity index (χ4n) is 13.8. The van der Waals surface area contributed by atoms with Crippen molar-refractivity contribution in [3.8, 4) is 0 Å². The van der Waals surface area contributed by atoms with E-state index in [1.807, 2.05) is 12.1 Å². The van der Waals surface area contributed by atoms with Gasteiger partial charge in [0.15, 0.2) is 0 Å². The van der Waals surface area contributed by atoms with Crippen LogP contribution in [0, 0.1) is 57.2 Å². The van der Waals surface area contributed by atoms with Crippen molar-refractivity contribution in [3.05, 3.63) is 35.4 Å². The first-order valence-corrected chi connectivity index (χ1v) is 19.4. The van der Waals surface area contributed by atoms with Gasteiger partial charge in [0.25, 0.3) is 0 Å². The van der Waals surface area contributed by atoms with E-state index >= 15 is 0 Å². The molecular formula is C42H67N3O3. The molecule has 1 unspecified atom stereocenters. The summed E-state index contributed by atoms with van der Waals surface area (Å²) in [4.78, 5) is 27.7. The molecule has 0 spiro atoms. The number of ether oxygens (including phenoxy) is 1. The number of urea groups is 1. The molecule has 2 N–H and O–H groups in total. The molecule has 6 nitrogen and oxygen atoms in total. The molecule has 0 radical (unpaired) electrons. The molecule has 1 aromatic rings. The Balaban J connectivity index is 1.26. The van der Waals surface area contributed by atoms with Crippen molar-refractivity contribution in [2.75, 3.05) is 34.3 Å². The quantitative estimate of drug-likeness (QED) is 0.287. The van der Waals surface area contributed by atoms with E-state index in [0.29, 0.717) is 58.4 Å². The van der Waals surface area contributed by atoms with Crippen molar-refractivity contribution in [3.63, 3.8) is 0 Å². The highest BCUT2D eigenvalue weighted by Gasteiger charge is 2.71. The van der Waals surface area contributed by atoms with E-state index in [9.17, 15) is 9.59 Å². The van der Waals surface area contributed by atoms with Crippen molar-refractivity contribution in [2.24, 2.45) is 57.2 Å². The molecular weight excluding hydrogens is 594 g/mol. The lowest BCUT2D eigenvalue weighted by Crippen LogP contribution is -2.69. The van der Waals surface area contributed by atoms with Crippen LogP contribution in [0.5, 0.6) is 0 Å². The number of nitrogens with zero attached hydrogens (tertiary/aromatic N) is 1. The predicted octanol–water partition coefficient (Wildman–Crippen LogP) is 8.91. The number of likely N-dealkylation sites (N-methyl/N-ethyl adjacent to an activating group) is 1. The summed E-state index contributed by atoms with van der Waals surface area (Å²) in [6.07, 6.45) is 12.4. The third kappa shape index (κ3) is 5.44. The van der Waals surface area contributed by atoms with Gasteiger partial charge in [0.1, 0.15) is 0 Å². The molecule has 2 amide bonds. The Bertz CT molecular complexity index is 1360. The van der Waals surface area contributed by atoms with Crippen LogP contribution < -0.4 is 10.6 Å². The normalized spacial score (nSPS) is 41.5. The molecule has 5 fully saturated rings. The zero-order valence-electron chi connectivity index (χ0n) is 32.0. The average Bonchev–Trinajstić information content (AvgIpc) is 3.40. The second kappa shape index (κ2) is 12.6. The number of esters is 1. The highest BCUT2D eigenvalue weighted by molar-refractivity contribution is 5.89. The summed E-state index contributed by atoms with van der Waals surface area (Å²) < 4.78 is 4.97. The van der Waals surface area contributed by atoms with Crippen LogP contribution in [0.3, 0.4) is 0 Å². The molecule has 0 saturated heterocycles. The lowest BCUT2D eigenvalue weighted by Gasteiger charge is -2.73. The molecule has 0 aromatic heterocycles. The molecule has 5 saturated carbocycles. The third-order valence-electron chi connectivity index (χ3n) is 16.3. The van der Waals surface area contributed by atoms with Crippen LogP contribution in [0.1, 0.15) is 135 Å². The third-order valence-corrected chi connectivity index (χ3v) is 16.3. The predicted molar refractivity (Wildman–Crippen MR) is 195 cm³/mol. The number of hydrogen-bond donors (Lipinski definition) is 2. The average molecular weight is 662 g/mol. The van der Waals surface area contributed by atoms with Crippen LogP contribution in [-0.2, 0) is 4.74 Å². The van der Waals surface area contributed by atoms with Gasteiger partial charge in [0.2, 0.25) is 0 Å². The fraction of sp³-hybridized carbons (Fsp3) is 0.810. The number of benzene rings is 1. The van der Waals surface area contributed by atoms with Gasteiger partial charge < -0.3 is 20.3 Å². The highest BCUT2D eigenvalue weighted by atomic mass is 16.5. The van der Waals surface area contributed by atoms with Crippen LogP contribution in [0.25, 0.3) is 0 Å². The van der Waals surface area contributed by atoms with E-state index in [2.05, 4.69) is 90.2 Å². The van der Waals surface area contributed by atoms with Crippen LogP contribution in [0.15, 0.2) is 24.3 Å². The van der Waals surface area contributed by atoms with Crippen molar-refractivity contribution in [1.82, 2.24) is 15.5 Å². The van der Waals surface area contributed by atoms with E-state index in [4.69, 9.17) is 4.74 Å². The summed E-state index contributed by atoms with van der Waals surface area (Å²) in [7, 11) is 5.57. The van der Waals surface area contributed by atoms with E-state index in [-0.39, 0.29) is 28.4 Å². The number of carbonyl (C=O) groups excluding carboxylic acids is 2. The summed E-state index contributed by atoms with van der Waals surface area (Å²) in [6, 6.07) is 8.35.